The number of hydroxylamine groups is 2. The first-order valence-corrected chi connectivity index (χ1v) is 4.66. The zero-order chi connectivity index (χ0) is 10.4. The smallest absolute Gasteiger partial charge is 0.363 e. The molecule has 0 unspecified atom stereocenters. The summed E-state index contributed by atoms with van der Waals surface area (Å²) in [6.45, 7) is 5.20. The number of pyridine rings is 1. The van der Waals surface area contributed by atoms with E-state index in [1.54, 1.807) is 29.5 Å². The minimum atomic E-state index is -0.408. The second-order valence-electron chi connectivity index (χ2n) is 2.71. The molecule has 1 aromatic rings. The van der Waals surface area contributed by atoms with Gasteiger partial charge in [-0.05, 0) is 26.0 Å². The second-order valence-corrected chi connectivity index (χ2v) is 2.71. The monoisotopic (exact) mass is 194 g/mol. The van der Waals surface area contributed by atoms with Crippen molar-refractivity contribution in [2.75, 3.05) is 13.1 Å². The van der Waals surface area contributed by atoms with Gasteiger partial charge in [0.15, 0.2) is 0 Å². The molecule has 0 aromatic carbocycles. The molecule has 4 heteroatoms. The van der Waals surface area contributed by atoms with Crippen LogP contribution >= 0.6 is 0 Å². The van der Waals surface area contributed by atoms with Gasteiger partial charge in [-0.2, -0.15) is 0 Å². The molecule has 0 atom stereocenters. The number of aromatic nitrogens is 1. The number of hydrogen-bond donors (Lipinski definition) is 0. The Hall–Kier alpha value is -1.42. The van der Waals surface area contributed by atoms with Gasteiger partial charge in [0.2, 0.25) is 0 Å². The fraction of sp³-hybridized carbons (Fsp3) is 0.400. The number of carbonyl (C=O) groups is 1. The Kier molecular flexibility index (Phi) is 4.07. The lowest BCUT2D eigenvalue weighted by Gasteiger charge is -2.16. The SMILES string of the molecule is CCN(CC)OC(=O)c1ccccn1. The molecule has 0 N–H and O–H groups in total. The van der Waals surface area contributed by atoms with E-state index in [1.807, 2.05) is 13.8 Å². The van der Waals surface area contributed by atoms with Crippen LogP contribution in [0.2, 0.25) is 0 Å². The minimum Gasteiger partial charge on any atom is -0.363 e. The molecule has 0 aliphatic carbocycles. The van der Waals surface area contributed by atoms with E-state index in [0.717, 1.165) is 0 Å². The average molecular weight is 194 g/mol. The van der Waals surface area contributed by atoms with Crippen molar-refractivity contribution in [3.05, 3.63) is 30.1 Å². The molecule has 0 radical (unpaired) electrons. The highest BCUT2D eigenvalue weighted by Gasteiger charge is 2.11. The van der Waals surface area contributed by atoms with Gasteiger partial charge in [-0.1, -0.05) is 6.07 Å². The third-order valence-electron chi connectivity index (χ3n) is 1.79. The molecule has 0 fully saturated rings. The van der Waals surface area contributed by atoms with Gasteiger partial charge < -0.3 is 4.84 Å². The Morgan fingerprint density at radius 3 is 2.64 bits per heavy atom. The first-order chi connectivity index (χ1) is 6.77. The van der Waals surface area contributed by atoms with Gasteiger partial charge in [0, 0.05) is 19.3 Å². The third-order valence-corrected chi connectivity index (χ3v) is 1.79. The van der Waals surface area contributed by atoms with Crippen LogP contribution < -0.4 is 0 Å². The van der Waals surface area contributed by atoms with E-state index in [4.69, 9.17) is 4.84 Å². The van der Waals surface area contributed by atoms with Crippen LogP contribution in [0.4, 0.5) is 0 Å². The Balaban J connectivity index is 2.59. The third kappa shape index (κ3) is 2.81. The molecular weight excluding hydrogens is 180 g/mol. The van der Waals surface area contributed by atoms with Crippen LogP contribution in [0.3, 0.4) is 0 Å². The highest BCUT2D eigenvalue weighted by Crippen LogP contribution is 1.99. The molecule has 0 bridgehead atoms. The predicted molar refractivity (Wildman–Crippen MR) is 52.6 cm³/mol. The first-order valence-electron chi connectivity index (χ1n) is 4.66. The molecule has 4 nitrogen and oxygen atoms in total. The van der Waals surface area contributed by atoms with Gasteiger partial charge in [0.1, 0.15) is 5.69 Å². The van der Waals surface area contributed by atoms with Crippen molar-refractivity contribution < 1.29 is 9.63 Å². The summed E-state index contributed by atoms with van der Waals surface area (Å²) in [5.41, 5.74) is 0.333. The molecule has 14 heavy (non-hydrogen) atoms. The Morgan fingerprint density at radius 1 is 1.43 bits per heavy atom. The quantitative estimate of drug-likeness (QED) is 0.681. The normalized spacial score (nSPS) is 10.2. The maximum atomic E-state index is 11.4. The summed E-state index contributed by atoms with van der Waals surface area (Å²) >= 11 is 0. The highest BCUT2D eigenvalue weighted by molar-refractivity contribution is 5.86. The molecule has 0 aliphatic heterocycles. The fourth-order valence-electron chi connectivity index (χ4n) is 1.00. The van der Waals surface area contributed by atoms with Crippen molar-refractivity contribution in [1.29, 1.82) is 0 Å². The first kappa shape index (κ1) is 10.7. The summed E-state index contributed by atoms with van der Waals surface area (Å²) in [5, 5.41) is 1.58. The number of carbonyl (C=O) groups excluding carboxylic acids is 1. The molecule has 76 valence electrons. The maximum absolute atomic E-state index is 11.4. The van der Waals surface area contributed by atoms with Crippen LogP contribution in [0.5, 0.6) is 0 Å². The van der Waals surface area contributed by atoms with E-state index in [0.29, 0.717) is 18.8 Å². The number of rotatable bonds is 4. The van der Waals surface area contributed by atoms with Gasteiger partial charge in [-0.25, -0.2) is 9.78 Å². The van der Waals surface area contributed by atoms with E-state index >= 15 is 0 Å². The van der Waals surface area contributed by atoms with E-state index < -0.39 is 5.97 Å². The zero-order valence-corrected chi connectivity index (χ0v) is 8.43. The van der Waals surface area contributed by atoms with Crippen molar-refractivity contribution >= 4 is 5.97 Å². The molecule has 1 rings (SSSR count). The van der Waals surface area contributed by atoms with Gasteiger partial charge in [-0.15, -0.1) is 5.06 Å². The van der Waals surface area contributed by atoms with Crippen LogP contribution in [0.1, 0.15) is 24.3 Å². The second kappa shape index (κ2) is 5.34. The number of nitrogens with zero attached hydrogens (tertiary/aromatic N) is 2. The zero-order valence-electron chi connectivity index (χ0n) is 8.43. The fourth-order valence-corrected chi connectivity index (χ4v) is 1.00. The molecule has 0 saturated carbocycles. The topological polar surface area (TPSA) is 42.4 Å². The summed E-state index contributed by atoms with van der Waals surface area (Å²) < 4.78 is 0. The lowest BCUT2D eigenvalue weighted by Crippen LogP contribution is -2.27. The van der Waals surface area contributed by atoms with Gasteiger partial charge in [0.25, 0.3) is 0 Å². The maximum Gasteiger partial charge on any atom is 0.375 e. The Labute approximate surface area is 83.5 Å². The standard InChI is InChI=1S/C10H14N2O2/c1-3-12(4-2)14-10(13)9-7-5-6-8-11-9/h5-8H,3-4H2,1-2H3. The lowest BCUT2D eigenvalue weighted by atomic mass is 10.4. The Morgan fingerprint density at radius 2 is 2.14 bits per heavy atom. The molecule has 0 spiro atoms. The minimum absolute atomic E-state index is 0.333. The average Bonchev–Trinajstić information content (AvgIpc) is 2.26. The van der Waals surface area contributed by atoms with Crippen molar-refractivity contribution in [2.24, 2.45) is 0 Å². The van der Waals surface area contributed by atoms with Crippen molar-refractivity contribution in [2.45, 2.75) is 13.8 Å². The summed E-state index contributed by atoms with van der Waals surface area (Å²) in [5.74, 6) is -0.408. The van der Waals surface area contributed by atoms with Crippen LogP contribution in [-0.4, -0.2) is 29.1 Å². The van der Waals surface area contributed by atoms with Gasteiger partial charge in [-0.3, -0.25) is 0 Å². The summed E-state index contributed by atoms with van der Waals surface area (Å²) in [7, 11) is 0. The van der Waals surface area contributed by atoms with Crippen molar-refractivity contribution in [1.82, 2.24) is 10.0 Å². The van der Waals surface area contributed by atoms with Gasteiger partial charge >= 0.3 is 5.97 Å². The van der Waals surface area contributed by atoms with E-state index in [2.05, 4.69) is 4.98 Å². The van der Waals surface area contributed by atoms with Crippen molar-refractivity contribution in [3.8, 4) is 0 Å². The number of hydrogen-bond acceptors (Lipinski definition) is 4. The molecule has 0 amide bonds. The van der Waals surface area contributed by atoms with Crippen molar-refractivity contribution in [3.63, 3.8) is 0 Å². The van der Waals surface area contributed by atoms with Crippen LogP contribution in [0.25, 0.3) is 0 Å². The summed E-state index contributed by atoms with van der Waals surface area (Å²) in [6.07, 6.45) is 1.57. The molecule has 1 heterocycles. The van der Waals surface area contributed by atoms with Gasteiger partial charge in [0.05, 0.1) is 0 Å². The molecule has 0 aliphatic rings. The van der Waals surface area contributed by atoms with Crippen LogP contribution in [0, 0.1) is 0 Å². The lowest BCUT2D eigenvalue weighted by molar-refractivity contribution is -0.103. The van der Waals surface area contributed by atoms with E-state index in [-0.39, 0.29) is 0 Å². The van der Waals surface area contributed by atoms with Crippen LogP contribution in [-0.2, 0) is 4.84 Å². The molecule has 1 aromatic heterocycles. The molecular formula is C10H14N2O2. The summed E-state index contributed by atoms with van der Waals surface area (Å²) in [6, 6.07) is 5.14. The largest absolute Gasteiger partial charge is 0.375 e. The van der Waals surface area contributed by atoms with Crippen LogP contribution in [0.15, 0.2) is 24.4 Å². The van der Waals surface area contributed by atoms with E-state index in [1.165, 1.54) is 0 Å². The Bertz CT molecular complexity index is 283. The highest BCUT2D eigenvalue weighted by atomic mass is 16.7. The molecule has 0 saturated heterocycles. The van der Waals surface area contributed by atoms with E-state index in [9.17, 15) is 4.79 Å². The predicted octanol–water partition coefficient (Wildman–Crippen LogP) is 1.50. The summed E-state index contributed by atoms with van der Waals surface area (Å²) in [4.78, 5) is 20.4.